The summed E-state index contributed by atoms with van der Waals surface area (Å²) in [6, 6.07) is 18.3. The van der Waals surface area contributed by atoms with E-state index >= 15 is 0 Å². The summed E-state index contributed by atoms with van der Waals surface area (Å²) in [6.45, 7) is 2.51. The molecule has 0 saturated carbocycles. The van der Waals surface area contributed by atoms with Crippen LogP contribution in [0.1, 0.15) is 12.5 Å². The highest BCUT2D eigenvalue weighted by Gasteiger charge is 2.12. The maximum absolute atomic E-state index is 5.71. The van der Waals surface area contributed by atoms with Crippen LogP contribution in [0.15, 0.2) is 54.6 Å². The molecule has 1 atom stereocenters. The molecule has 2 aromatic carbocycles. The van der Waals surface area contributed by atoms with Crippen molar-refractivity contribution in [3.8, 4) is 5.88 Å². The van der Waals surface area contributed by atoms with Gasteiger partial charge in [-0.05, 0) is 24.6 Å². The number of fused-ring (bicyclic) bond motifs is 1. The number of nitrogens with two attached hydrogens (primary N) is 1. The first-order chi connectivity index (χ1) is 9.74. The zero-order chi connectivity index (χ0) is 13.9. The lowest BCUT2D eigenvalue weighted by molar-refractivity contribution is 0.221. The van der Waals surface area contributed by atoms with Crippen LogP contribution in [0.4, 0.5) is 0 Å². The van der Waals surface area contributed by atoms with E-state index in [1.54, 1.807) is 6.92 Å². The molecular weight excluding hydrogens is 250 g/mol. The lowest BCUT2D eigenvalue weighted by atomic mass is 10.2. The maximum atomic E-state index is 5.71. The Kier molecular flexibility index (Phi) is 3.39. The zero-order valence-corrected chi connectivity index (χ0v) is 11.4. The highest BCUT2D eigenvalue weighted by molar-refractivity contribution is 5.84. The van der Waals surface area contributed by atoms with Gasteiger partial charge in [0.1, 0.15) is 6.23 Å². The molecule has 1 heterocycles. The van der Waals surface area contributed by atoms with Gasteiger partial charge in [-0.25, -0.2) is 0 Å². The first kappa shape index (κ1) is 12.7. The third kappa shape index (κ3) is 2.51. The molecule has 0 spiro atoms. The van der Waals surface area contributed by atoms with E-state index in [2.05, 4.69) is 17.2 Å². The molecule has 1 unspecified atom stereocenters. The maximum Gasteiger partial charge on any atom is 0.242 e. The van der Waals surface area contributed by atoms with Crippen LogP contribution in [0.25, 0.3) is 10.9 Å². The first-order valence-corrected chi connectivity index (χ1v) is 6.66. The van der Waals surface area contributed by atoms with E-state index in [0.717, 1.165) is 10.9 Å². The molecule has 20 heavy (non-hydrogen) atoms. The fourth-order valence-electron chi connectivity index (χ4n) is 2.24. The Morgan fingerprint density at radius 3 is 2.55 bits per heavy atom. The Bertz CT molecular complexity index is 704. The second-order valence-corrected chi connectivity index (χ2v) is 4.79. The van der Waals surface area contributed by atoms with E-state index in [1.165, 1.54) is 5.56 Å². The third-order valence-corrected chi connectivity index (χ3v) is 3.10. The molecule has 0 aliphatic rings. The van der Waals surface area contributed by atoms with Crippen molar-refractivity contribution in [3.05, 3.63) is 60.2 Å². The first-order valence-electron chi connectivity index (χ1n) is 6.66. The van der Waals surface area contributed by atoms with E-state index in [1.807, 2.05) is 47.1 Å². The number of nitrogens with zero attached hydrogens (tertiary/aromatic N) is 2. The van der Waals surface area contributed by atoms with Gasteiger partial charge in [-0.3, -0.25) is 10.4 Å². The van der Waals surface area contributed by atoms with Gasteiger partial charge >= 0.3 is 0 Å². The minimum Gasteiger partial charge on any atom is -0.458 e. The number of hydrogen-bond acceptors (Lipinski definition) is 3. The number of para-hydroxylation sites is 1. The second kappa shape index (κ2) is 5.35. The van der Waals surface area contributed by atoms with Gasteiger partial charge in [-0.1, -0.05) is 42.5 Å². The Morgan fingerprint density at radius 2 is 1.80 bits per heavy atom. The molecule has 0 saturated heterocycles. The predicted molar refractivity (Wildman–Crippen MR) is 79.6 cm³/mol. The Balaban J connectivity index is 2.02. The van der Waals surface area contributed by atoms with Crippen LogP contribution >= 0.6 is 0 Å². The topological polar surface area (TPSA) is 53.1 Å². The van der Waals surface area contributed by atoms with Crippen LogP contribution in [0.3, 0.4) is 0 Å². The largest absolute Gasteiger partial charge is 0.458 e. The minimum absolute atomic E-state index is 0.376. The highest BCUT2D eigenvalue weighted by Crippen LogP contribution is 2.25. The molecule has 3 aromatic rings. The highest BCUT2D eigenvalue weighted by atomic mass is 16.5. The minimum atomic E-state index is -0.376. The molecule has 4 nitrogen and oxygen atoms in total. The van der Waals surface area contributed by atoms with Crippen molar-refractivity contribution in [2.75, 3.05) is 0 Å². The molecular formula is C16H17N3O. The summed E-state index contributed by atoms with van der Waals surface area (Å²) in [5, 5.41) is 5.53. The fraction of sp³-hybridized carbons (Fsp3) is 0.188. The van der Waals surface area contributed by atoms with Gasteiger partial charge in [0.2, 0.25) is 5.88 Å². The van der Waals surface area contributed by atoms with Crippen molar-refractivity contribution in [2.24, 2.45) is 5.73 Å². The number of rotatable bonds is 4. The van der Waals surface area contributed by atoms with E-state index in [-0.39, 0.29) is 6.23 Å². The van der Waals surface area contributed by atoms with Crippen LogP contribution in [-0.4, -0.2) is 16.0 Å². The average molecular weight is 267 g/mol. The SMILES string of the molecule is CC(N)Oc1nn(Cc2ccccc2)c2ccccc12. The van der Waals surface area contributed by atoms with Crippen molar-refractivity contribution in [1.29, 1.82) is 0 Å². The second-order valence-electron chi connectivity index (χ2n) is 4.79. The Morgan fingerprint density at radius 1 is 1.10 bits per heavy atom. The molecule has 102 valence electrons. The summed E-state index contributed by atoms with van der Waals surface area (Å²) in [5.74, 6) is 0.589. The average Bonchev–Trinajstić information content (AvgIpc) is 2.78. The van der Waals surface area contributed by atoms with Crippen LogP contribution in [0.5, 0.6) is 5.88 Å². The van der Waals surface area contributed by atoms with Gasteiger partial charge in [0.25, 0.3) is 0 Å². The van der Waals surface area contributed by atoms with Crippen LogP contribution < -0.4 is 10.5 Å². The number of benzene rings is 2. The Labute approximate surface area is 117 Å². The van der Waals surface area contributed by atoms with E-state index < -0.39 is 0 Å². The number of aromatic nitrogens is 2. The number of hydrogen-bond donors (Lipinski definition) is 1. The lowest BCUT2D eigenvalue weighted by Crippen LogP contribution is -2.22. The van der Waals surface area contributed by atoms with Crippen LogP contribution in [0.2, 0.25) is 0 Å². The summed E-state index contributed by atoms with van der Waals surface area (Å²) in [6.07, 6.45) is -0.376. The molecule has 3 rings (SSSR count). The normalized spacial score (nSPS) is 12.5. The summed E-state index contributed by atoms with van der Waals surface area (Å²) >= 11 is 0. The monoisotopic (exact) mass is 267 g/mol. The summed E-state index contributed by atoms with van der Waals surface area (Å²) in [7, 11) is 0. The summed E-state index contributed by atoms with van der Waals surface area (Å²) < 4.78 is 7.54. The van der Waals surface area contributed by atoms with Gasteiger partial charge in [-0.15, -0.1) is 5.10 Å². The van der Waals surface area contributed by atoms with Gasteiger partial charge in [0, 0.05) is 0 Å². The van der Waals surface area contributed by atoms with Crippen molar-refractivity contribution < 1.29 is 4.74 Å². The molecule has 0 bridgehead atoms. The molecule has 4 heteroatoms. The smallest absolute Gasteiger partial charge is 0.242 e. The zero-order valence-electron chi connectivity index (χ0n) is 11.4. The lowest BCUT2D eigenvalue weighted by Gasteiger charge is -2.06. The van der Waals surface area contributed by atoms with Crippen molar-refractivity contribution in [1.82, 2.24) is 9.78 Å². The van der Waals surface area contributed by atoms with Crippen LogP contribution in [0, 0.1) is 0 Å². The Hall–Kier alpha value is -2.33. The van der Waals surface area contributed by atoms with Gasteiger partial charge in [0.05, 0.1) is 17.4 Å². The van der Waals surface area contributed by atoms with E-state index in [9.17, 15) is 0 Å². The quantitative estimate of drug-likeness (QED) is 0.739. The van der Waals surface area contributed by atoms with Gasteiger partial charge in [-0.2, -0.15) is 0 Å². The standard InChI is InChI=1S/C16H17N3O/c1-12(17)20-16-14-9-5-6-10-15(14)19(18-16)11-13-7-3-2-4-8-13/h2-10,12H,11,17H2,1H3. The molecule has 0 amide bonds. The third-order valence-electron chi connectivity index (χ3n) is 3.10. The summed E-state index contributed by atoms with van der Waals surface area (Å²) in [5.41, 5.74) is 7.96. The summed E-state index contributed by atoms with van der Waals surface area (Å²) in [4.78, 5) is 0. The predicted octanol–water partition coefficient (Wildman–Crippen LogP) is 2.77. The van der Waals surface area contributed by atoms with Crippen molar-refractivity contribution >= 4 is 10.9 Å². The number of ether oxygens (including phenoxy) is 1. The molecule has 0 aliphatic carbocycles. The molecule has 1 aromatic heterocycles. The van der Waals surface area contributed by atoms with Crippen molar-refractivity contribution in [3.63, 3.8) is 0 Å². The van der Waals surface area contributed by atoms with Gasteiger partial charge < -0.3 is 4.74 Å². The molecule has 0 radical (unpaired) electrons. The molecule has 2 N–H and O–H groups in total. The molecule has 0 aliphatic heterocycles. The van der Waals surface area contributed by atoms with Gasteiger partial charge in [0.15, 0.2) is 0 Å². The molecule has 0 fully saturated rings. The van der Waals surface area contributed by atoms with E-state index in [0.29, 0.717) is 12.4 Å². The van der Waals surface area contributed by atoms with Crippen molar-refractivity contribution in [2.45, 2.75) is 19.7 Å². The fourth-order valence-corrected chi connectivity index (χ4v) is 2.24. The van der Waals surface area contributed by atoms with Crippen LogP contribution in [-0.2, 0) is 6.54 Å². The van der Waals surface area contributed by atoms with E-state index in [4.69, 9.17) is 10.5 Å².